The maximum atomic E-state index is 12.7. The van der Waals surface area contributed by atoms with Crippen LogP contribution in [0.3, 0.4) is 0 Å². The highest BCUT2D eigenvalue weighted by Crippen LogP contribution is 2.43. The summed E-state index contributed by atoms with van der Waals surface area (Å²) in [5, 5.41) is 9.13. The molecule has 0 unspecified atom stereocenters. The number of benzene rings is 2. The Morgan fingerprint density at radius 1 is 1.21 bits per heavy atom. The Labute approximate surface area is 175 Å². The minimum absolute atomic E-state index is 0.138. The van der Waals surface area contributed by atoms with Crippen LogP contribution < -0.4 is 9.64 Å². The normalized spacial score (nSPS) is 15.2. The molecule has 142 valence electrons. The van der Waals surface area contributed by atoms with Gasteiger partial charge < -0.3 is 4.74 Å². The molecule has 0 saturated heterocycles. The maximum Gasteiger partial charge on any atom is 0.247 e. The monoisotopic (exact) mass is 456 g/mol. The fourth-order valence-corrected chi connectivity index (χ4v) is 4.04. The first-order valence-corrected chi connectivity index (χ1v) is 10.5. The lowest BCUT2D eigenvalue weighted by Crippen LogP contribution is -2.36. The quantitative estimate of drug-likeness (QED) is 0.524. The number of hydrogen-bond donors (Lipinski definition) is 0. The number of carbonyl (C=O) groups is 1. The molecule has 6 nitrogen and oxygen atoms in total. The van der Waals surface area contributed by atoms with Gasteiger partial charge in [0.2, 0.25) is 23.2 Å². The van der Waals surface area contributed by atoms with E-state index < -0.39 is 6.23 Å². The van der Waals surface area contributed by atoms with Crippen molar-refractivity contribution in [1.29, 1.82) is 0 Å². The lowest BCUT2D eigenvalue weighted by molar-refractivity contribution is -0.118. The molecule has 0 bridgehead atoms. The van der Waals surface area contributed by atoms with Crippen LogP contribution in [0, 0.1) is 0 Å². The third-order valence-corrected chi connectivity index (χ3v) is 5.47. The van der Waals surface area contributed by atoms with Gasteiger partial charge in [0.05, 0.1) is 5.69 Å². The molecule has 1 aliphatic heterocycles. The van der Waals surface area contributed by atoms with E-state index in [1.807, 2.05) is 55.5 Å². The van der Waals surface area contributed by atoms with E-state index >= 15 is 0 Å². The Bertz CT molecular complexity index is 1050. The summed E-state index contributed by atoms with van der Waals surface area (Å²) in [4.78, 5) is 18.9. The van der Waals surface area contributed by atoms with Crippen LogP contribution in [0.25, 0.3) is 11.3 Å². The number of fused-ring (bicyclic) bond motifs is 3. The van der Waals surface area contributed by atoms with Gasteiger partial charge >= 0.3 is 0 Å². The molecule has 0 fully saturated rings. The second-order valence-electron chi connectivity index (χ2n) is 6.11. The van der Waals surface area contributed by atoms with Gasteiger partial charge in [-0.1, -0.05) is 64.9 Å². The van der Waals surface area contributed by atoms with Crippen molar-refractivity contribution in [2.45, 2.75) is 25.2 Å². The van der Waals surface area contributed by atoms with Crippen molar-refractivity contribution in [3.63, 3.8) is 0 Å². The molecule has 3 aromatic rings. The zero-order valence-corrected chi connectivity index (χ0v) is 17.7. The van der Waals surface area contributed by atoms with Gasteiger partial charge in [0.15, 0.2) is 5.69 Å². The van der Waals surface area contributed by atoms with Crippen molar-refractivity contribution in [2.24, 2.45) is 0 Å². The van der Waals surface area contributed by atoms with E-state index in [-0.39, 0.29) is 5.91 Å². The van der Waals surface area contributed by atoms with Crippen molar-refractivity contribution in [3.05, 3.63) is 58.6 Å². The van der Waals surface area contributed by atoms with E-state index in [4.69, 9.17) is 4.74 Å². The van der Waals surface area contributed by atoms with Crippen molar-refractivity contribution < 1.29 is 9.53 Å². The van der Waals surface area contributed by atoms with Gasteiger partial charge in [0, 0.05) is 22.5 Å². The van der Waals surface area contributed by atoms with Crippen LogP contribution in [0.15, 0.2) is 58.2 Å². The number of carbonyl (C=O) groups excluding carboxylic acids is 1. The second-order valence-corrected chi connectivity index (χ2v) is 8.26. The molecule has 8 heteroatoms. The average molecular weight is 457 g/mol. The van der Waals surface area contributed by atoms with Crippen LogP contribution in [0.4, 0.5) is 5.69 Å². The summed E-state index contributed by atoms with van der Waals surface area (Å²) < 4.78 is 7.20. The van der Waals surface area contributed by atoms with E-state index in [1.54, 1.807) is 4.90 Å². The van der Waals surface area contributed by atoms with Crippen LogP contribution in [0.5, 0.6) is 5.88 Å². The number of nitrogens with zero attached hydrogens (tertiary/aromatic N) is 4. The number of rotatable bonds is 3. The highest BCUT2D eigenvalue weighted by atomic mass is 79.9. The predicted octanol–water partition coefficient (Wildman–Crippen LogP) is 4.86. The summed E-state index contributed by atoms with van der Waals surface area (Å²) in [6.45, 7) is 3.55. The number of halogens is 1. The first-order chi connectivity index (χ1) is 13.6. The Morgan fingerprint density at radius 2 is 2.04 bits per heavy atom. The molecule has 2 aromatic carbocycles. The van der Waals surface area contributed by atoms with Gasteiger partial charge in [-0.2, -0.15) is 4.98 Å². The van der Waals surface area contributed by atoms with Crippen LogP contribution in [-0.4, -0.2) is 26.8 Å². The minimum atomic E-state index is -0.673. The topological polar surface area (TPSA) is 68.2 Å². The minimum Gasteiger partial charge on any atom is -0.447 e. The number of amides is 1. The summed E-state index contributed by atoms with van der Waals surface area (Å²) in [5.41, 5.74) is 2.83. The maximum absolute atomic E-state index is 12.7. The van der Waals surface area contributed by atoms with Crippen molar-refractivity contribution in [3.8, 4) is 17.1 Å². The van der Waals surface area contributed by atoms with Crippen molar-refractivity contribution in [2.75, 3.05) is 10.7 Å². The van der Waals surface area contributed by atoms with Crippen LogP contribution in [0.1, 0.15) is 25.6 Å². The van der Waals surface area contributed by atoms with Gasteiger partial charge in [-0.05, 0) is 24.0 Å². The average Bonchev–Trinajstić information content (AvgIpc) is 2.82. The molecule has 1 amide bonds. The van der Waals surface area contributed by atoms with Crippen LogP contribution in [0.2, 0.25) is 0 Å². The second kappa shape index (κ2) is 7.89. The highest BCUT2D eigenvalue weighted by Gasteiger charge is 2.34. The van der Waals surface area contributed by atoms with E-state index in [1.165, 1.54) is 18.7 Å². The zero-order chi connectivity index (χ0) is 19.7. The van der Waals surface area contributed by atoms with E-state index in [0.29, 0.717) is 22.4 Å². The molecule has 0 saturated carbocycles. The zero-order valence-electron chi connectivity index (χ0n) is 15.3. The number of para-hydroxylation sites is 1. The van der Waals surface area contributed by atoms with Crippen molar-refractivity contribution in [1.82, 2.24) is 15.2 Å². The molecule has 0 aliphatic carbocycles. The largest absolute Gasteiger partial charge is 0.447 e. The Balaban J connectivity index is 1.95. The van der Waals surface area contributed by atoms with Gasteiger partial charge in [-0.3, -0.25) is 9.69 Å². The number of thioether (sulfide) groups is 1. The SMILES string of the molecule is CCSc1nnc2c(n1)O[C@@H](c1cccc(Br)c1)N(C(C)=O)c1ccccc1-2. The standard InChI is InChI=1S/C20H17BrN4O2S/c1-3-28-20-22-18-17(23-24-20)15-9-4-5-10-16(15)25(12(2)26)19(27-18)13-7-6-8-14(21)11-13/h4-11,19H,3H2,1-2H3/t19-/m0/s1. The third-order valence-electron chi connectivity index (χ3n) is 4.26. The number of anilines is 1. The smallest absolute Gasteiger partial charge is 0.247 e. The summed E-state index contributed by atoms with van der Waals surface area (Å²) in [6.07, 6.45) is -0.673. The highest BCUT2D eigenvalue weighted by molar-refractivity contribution is 9.10. The predicted molar refractivity (Wildman–Crippen MR) is 112 cm³/mol. The van der Waals surface area contributed by atoms with Crippen molar-refractivity contribution >= 4 is 39.3 Å². The van der Waals surface area contributed by atoms with Gasteiger partial charge in [-0.25, -0.2) is 0 Å². The fourth-order valence-electron chi connectivity index (χ4n) is 3.12. The van der Waals surface area contributed by atoms with E-state index in [0.717, 1.165) is 21.4 Å². The molecule has 1 aromatic heterocycles. The van der Waals surface area contributed by atoms with Crippen LogP contribution >= 0.6 is 27.7 Å². The fraction of sp³-hybridized carbons (Fsp3) is 0.200. The van der Waals surface area contributed by atoms with E-state index in [9.17, 15) is 4.79 Å². The molecular weight excluding hydrogens is 440 g/mol. The summed E-state index contributed by atoms with van der Waals surface area (Å²) in [6, 6.07) is 15.3. The Hall–Kier alpha value is -2.45. The molecule has 0 spiro atoms. The first-order valence-electron chi connectivity index (χ1n) is 8.77. The van der Waals surface area contributed by atoms with E-state index in [2.05, 4.69) is 31.1 Å². The molecule has 1 aliphatic rings. The van der Waals surface area contributed by atoms with Crippen LogP contribution in [-0.2, 0) is 4.79 Å². The Morgan fingerprint density at radius 3 is 2.79 bits per heavy atom. The molecule has 2 heterocycles. The first kappa shape index (κ1) is 18.9. The molecule has 1 atom stereocenters. The van der Waals surface area contributed by atoms with Gasteiger partial charge in [0.1, 0.15) is 0 Å². The lowest BCUT2D eigenvalue weighted by atomic mass is 10.1. The summed E-state index contributed by atoms with van der Waals surface area (Å²) >= 11 is 4.99. The Kier molecular flexibility index (Phi) is 5.32. The number of hydrogen-bond acceptors (Lipinski definition) is 6. The number of ether oxygens (including phenoxy) is 1. The molecule has 28 heavy (non-hydrogen) atoms. The molecular formula is C20H17BrN4O2S. The lowest BCUT2D eigenvalue weighted by Gasteiger charge is -2.30. The van der Waals surface area contributed by atoms with Gasteiger partial charge in [0.25, 0.3) is 0 Å². The van der Waals surface area contributed by atoms with Gasteiger partial charge in [-0.15, -0.1) is 10.2 Å². The molecule has 0 radical (unpaired) electrons. The number of aromatic nitrogens is 3. The molecule has 0 N–H and O–H groups in total. The molecule has 4 rings (SSSR count). The summed E-state index contributed by atoms with van der Waals surface area (Å²) in [5.74, 6) is 1.06. The third kappa shape index (κ3) is 3.49. The summed E-state index contributed by atoms with van der Waals surface area (Å²) in [7, 11) is 0.